The Balaban J connectivity index is 2.13. The van der Waals surface area contributed by atoms with Crippen LogP contribution in [0.15, 0.2) is 0 Å². The molecule has 108 valence electrons. The molecule has 0 saturated heterocycles. The SMILES string of the molecule is CC1CCCC(CNCCN(C(C)C)C(C)C)C1. The van der Waals surface area contributed by atoms with Crippen molar-refractivity contribution in [2.24, 2.45) is 11.8 Å². The monoisotopic (exact) mass is 254 g/mol. The van der Waals surface area contributed by atoms with Gasteiger partial charge in [0.25, 0.3) is 0 Å². The van der Waals surface area contributed by atoms with Crippen LogP contribution in [0.2, 0.25) is 0 Å². The lowest BCUT2D eigenvalue weighted by Gasteiger charge is -2.31. The van der Waals surface area contributed by atoms with Crippen molar-refractivity contribution in [3.8, 4) is 0 Å². The van der Waals surface area contributed by atoms with Crippen LogP contribution < -0.4 is 5.32 Å². The maximum Gasteiger partial charge on any atom is 0.0112 e. The highest BCUT2D eigenvalue weighted by Crippen LogP contribution is 2.27. The van der Waals surface area contributed by atoms with Crippen molar-refractivity contribution in [3.63, 3.8) is 0 Å². The van der Waals surface area contributed by atoms with Crippen LogP contribution in [-0.2, 0) is 0 Å². The molecule has 2 unspecified atom stereocenters. The number of nitrogens with one attached hydrogen (secondary N) is 1. The quantitative estimate of drug-likeness (QED) is 0.699. The van der Waals surface area contributed by atoms with Crippen LogP contribution in [-0.4, -0.2) is 36.6 Å². The summed E-state index contributed by atoms with van der Waals surface area (Å²) in [5, 5.41) is 3.67. The standard InChI is InChI=1S/C16H34N2/c1-13(2)18(14(3)4)10-9-17-12-16-8-6-7-15(5)11-16/h13-17H,6-12H2,1-5H3. The molecule has 0 aliphatic heterocycles. The molecule has 0 amide bonds. The van der Waals surface area contributed by atoms with Crippen molar-refractivity contribution in [1.29, 1.82) is 0 Å². The van der Waals surface area contributed by atoms with Gasteiger partial charge in [-0.15, -0.1) is 0 Å². The first-order chi connectivity index (χ1) is 8.50. The summed E-state index contributed by atoms with van der Waals surface area (Å²) < 4.78 is 0. The first kappa shape index (κ1) is 16.0. The summed E-state index contributed by atoms with van der Waals surface area (Å²) in [6.07, 6.45) is 5.77. The largest absolute Gasteiger partial charge is 0.315 e. The summed E-state index contributed by atoms with van der Waals surface area (Å²) in [5.41, 5.74) is 0. The van der Waals surface area contributed by atoms with E-state index in [4.69, 9.17) is 0 Å². The van der Waals surface area contributed by atoms with Gasteiger partial charge in [0, 0.05) is 25.2 Å². The van der Waals surface area contributed by atoms with E-state index in [0.29, 0.717) is 12.1 Å². The lowest BCUT2D eigenvalue weighted by molar-refractivity contribution is 0.173. The third-order valence-corrected chi connectivity index (χ3v) is 4.35. The molecule has 0 aromatic rings. The van der Waals surface area contributed by atoms with Gasteiger partial charge in [-0.2, -0.15) is 0 Å². The van der Waals surface area contributed by atoms with E-state index in [9.17, 15) is 0 Å². The van der Waals surface area contributed by atoms with E-state index in [1.165, 1.54) is 38.8 Å². The summed E-state index contributed by atoms with van der Waals surface area (Å²) in [4.78, 5) is 2.57. The average Bonchev–Trinajstić information content (AvgIpc) is 2.27. The first-order valence-electron chi connectivity index (χ1n) is 7.97. The van der Waals surface area contributed by atoms with Crippen LogP contribution in [0.5, 0.6) is 0 Å². The van der Waals surface area contributed by atoms with Crippen LogP contribution in [0.4, 0.5) is 0 Å². The van der Waals surface area contributed by atoms with Gasteiger partial charge in [0.05, 0.1) is 0 Å². The number of hydrogen-bond acceptors (Lipinski definition) is 2. The van der Waals surface area contributed by atoms with Gasteiger partial charge in [-0.3, -0.25) is 4.90 Å². The van der Waals surface area contributed by atoms with Crippen LogP contribution >= 0.6 is 0 Å². The normalized spacial score (nSPS) is 25.3. The van der Waals surface area contributed by atoms with Crippen molar-refractivity contribution < 1.29 is 0 Å². The van der Waals surface area contributed by atoms with E-state index < -0.39 is 0 Å². The molecule has 1 rings (SSSR count). The molecule has 0 aromatic heterocycles. The van der Waals surface area contributed by atoms with Gasteiger partial charge < -0.3 is 5.32 Å². The van der Waals surface area contributed by atoms with Gasteiger partial charge in [0.1, 0.15) is 0 Å². The summed E-state index contributed by atoms with van der Waals surface area (Å²) in [7, 11) is 0. The number of nitrogens with zero attached hydrogens (tertiary/aromatic N) is 1. The Kier molecular flexibility index (Phi) is 7.25. The van der Waals surface area contributed by atoms with Crippen LogP contribution in [0.25, 0.3) is 0 Å². The molecule has 2 heteroatoms. The molecule has 2 atom stereocenters. The van der Waals surface area contributed by atoms with Crippen LogP contribution in [0.3, 0.4) is 0 Å². The average molecular weight is 254 g/mol. The first-order valence-corrected chi connectivity index (χ1v) is 7.97. The fourth-order valence-corrected chi connectivity index (χ4v) is 3.37. The second-order valence-electron chi connectivity index (χ2n) is 6.77. The van der Waals surface area contributed by atoms with Crippen molar-refractivity contribution >= 4 is 0 Å². The summed E-state index contributed by atoms with van der Waals surface area (Å²) in [6.45, 7) is 15.1. The highest BCUT2D eigenvalue weighted by Gasteiger charge is 2.18. The second kappa shape index (κ2) is 8.16. The summed E-state index contributed by atoms with van der Waals surface area (Å²) in [6, 6.07) is 1.31. The number of rotatable bonds is 7. The molecular formula is C16H34N2. The van der Waals surface area contributed by atoms with Gasteiger partial charge in [0.2, 0.25) is 0 Å². The molecule has 0 spiro atoms. The predicted molar refractivity (Wildman–Crippen MR) is 81.0 cm³/mol. The van der Waals surface area contributed by atoms with Gasteiger partial charge >= 0.3 is 0 Å². The van der Waals surface area contributed by atoms with E-state index >= 15 is 0 Å². The third-order valence-electron chi connectivity index (χ3n) is 4.35. The Hall–Kier alpha value is -0.0800. The molecule has 0 heterocycles. The molecule has 1 aliphatic rings. The predicted octanol–water partition coefficient (Wildman–Crippen LogP) is 3.52. The zero-order chi connectivity index (χ0) is 13.5. The van der Waals surface area contributed by atoms with E-state index in [1.807, 2.05) is 0 Å². The minimum Gasteiger partial charge on any atom is -0.315 e. The third kappa shape index (κ3) is 5.71. The molecule has 1 aliphatic carbocycles. The summed E-state index contributed by atoms with van der Waals surface area (Å²) >= 11 is 0. The van der Waals surface area contributed by atoms with E-state index in [0.717, 1.165) is 18.4 Å². The Morgan fingerprint density at radius 1 is 1.11 bits per heavy atom. The van der Waals surface area contributed by atoms with Gasteiger partial charge in [-0.05, 0) is 58.9 Å². The summed E-state index contributed by atoms with van der Waals surface area (Å²) in [5.74, 6) is 1.88. The van der Waals surface area contributed by atoms with Crippen molar-refractivity contribution in [2.75, 3.05) is 19.6 Å². The van der Waals surface area contributed by atoms with Crippen LogP contribution in [0, 0.1) is 11.8 Å². The molecule has 1 fully saturated rings. The van der Waals surface area contributed by atoms with Crippen molar-refractivity contribution in [3.05, 3.63) is 0 Å². The highest BCUT2D eigenvalue weighted by atomic mass is 15.2. The van der Waals surface area contributed by atoms with E-state index in [2.05, 4.69) is 44.8 Å². The molecule has 18 heavy (non-hydrogen) atoms. The molecule has 1 saturated carbocycles. The van der Waals surface area contributed by atoms with E-state index in [-0.39, 0.29) is 0 Å². The lowest BCUT2D eigenvalue weighted by Crippen LogP contribution is -2.42. The van der Waals surface area contributed by atoms with Gasteiger partial charge in [0.15, 0.2) is 0 Å². The highest BCUT2D eigenvalue weighted by molar-refractivity contribution is 4.73. The molecule has 1 N–H and O–H groups in total. The molecule has 2 nitrogen and oxygen atoms in total. The maximum absolute atomic E-state index is 3.67. The van der Waals surface area contributed by atoms with Gasteiger partial charge in [-0.25, -0.2) is 0 Å². The topological polar surface area (TPSA) is 15.3 Å². The fourth-order valence-electron chi connectivity index (χ4n) is 3.37. The minimum absolute atomic E-state index is 0.654. The number of hydrogen-bond donors (Lipinski definition) is 1. The van der Waals surface area contributed by atoms with Crippen molar-refractivity contribution in [2.45, 2.75) is 72.4 Å². The fraction of sp³-hybridized carbons (Fsp3) is 1.00. The minimum atomic E-state index is 0.654. The molecule has 0 radical (unpaired) electrons. The zero-order valence-electron chi connectivity index (χ0n) is 13.2. The zero-order valence-corrected chi connectivity index (χ0v) is 13.2. The Bertz CT molecular complexity index is 205. The second-order valence-corrected chi connectivity index (χ2v) is 6.77. The Morgan fingerprint density at radius 3 is 2.33 bits per heavy atom. The van der Waals surface area contributed by atoms with E-state index in [1.54, 1.807) is 0 Å². The maximum atomic E-state index is 3.67. The van der Waals surface area contributed by atoms with Gasteiger partial charge in [-0.1, -0.05) is 19.8 Å². The van der Waals surface area contributed by atoms with Crippen LogP contribution in [0.1, 0.15) is 60.3 Å². The lowest BCUT2D eigenvalue weighted by atomic mass is 9.82. The molecule has 0 aromatic carbocycles. The molecular weight excluding hydrogens is 220 g/mol. The molecule has 0 bridgehead atoms. The Labute approximate surface area is 115 Å². The smallest absolute Gasteiger partial charge is 0.0112 e. The van der Waals surface area contributed by atoms with Crippen molar-refractivity contribution in [1.82, 2.24) is 10.2 Å². The Morgan fingerprint density at radius 2 is 1.78 bits per heavy atom.